The van der Waals surface area contributed by atoms with Crippen molar-refractivity contribution in [3.8, 4) is 0 Å². The number of para-hydroxylation sites is 1. The zero-order valence-corrected chi connectivity index (χ0v) is 18.5. The first-order valence-electron chi connectivity index (χ1n) is 10.5. The molecule has 9 heteroatoms. The number of likely N-dealkylation sites (tertiary alicyclic amines) is 1. The van der Waals surface area contributed by atoms with Crippen LogP contribution in [-0.4, -0.2) is 56.9 Å². The number of amides is 2. The number of fused-ring (bicyclic) bond motifs is 2. The molecule has 9 nitrogen and oxygen atoms in total. The highest BCUT2D eigenvalue weighted by Crippen LogP contribution is 2.54. The topological polar surface area (TPSA) is 96.2 Å². The monoisotopic (exact) mass is 431 g/mol. The summed E-state index contributed by atoms with van der Waals surface area (Å²) in [6.45, 7) is 2.23. The number of aromatic nitrogens is 4. The van der Waals surface area contributed by atoms with Crippen LogP contribution in [0, 0.1) is 6.92 Å². The summed E-state index contributed by atoms with van der Waals surface area (Å²) < 4.78 is 1.88. The Bertz CT molecular complexity index is 1230. The van der Waals surface area contributed by atoms with E-state index in [1.54, 1.807) is 29.1 Å². The molecule has 4 heterocycles. The normalized spacial score (nSPS) is 21.7. The quantitative estimate of drug-likeness (QED) is 0.682. The van der Waals surface area contributed by atoms with Crippen molar-refractivity contribution in [1.29, 1.82) is 0 Å². The van der Waals surface area contributed by atoms with Crippen LogP contribution in [-0.2, 0) is 17.3 Å². The van der Waals surface area contributed by atoms with Crippen LogP contribution in [0.1, 0.15) is 39.9 Å². The molecule has 0 unspecified atom stereocenters. The van der Waals surface area contributed by atoms with Crippen LogP contribution in [0.25, 0.3) is 0 Å². The van der Waals surface area contributed by atoms with Gasteiger partial charge in [-0.15, -0.1) is 0 Å². The number of carbonyl (C=O) groups is 2. The van der Waals surface area contributed by atoms with Crippen LogP contribution in [0.3, 0.4) is 0 Å². The summed E-state index contributed by atoms with van der Waals surface area (Å²) in [7, 11) is 5.59. The lowest BCUT2D eigenvalue weighted by Crippen LogP contribution is -2.44. The van der Waals surface area contributed by atoms with Gasteiger partial charge < -0.3 is 19.7 Å². The van der Waals surface area contributed by atoms with Gasteiger partial charge >= 0.3 is 0 Å². The number of anilines is 2. The predicted octanol–water partition coefficient (Wildman–Crippen LogP) is 2.06. The summed E-state index contributed by atoms with van der Waals surface area (Å²) in [4.78, 5) is 44.2. The fraction of sp³-hybridized carbons (Fsp3) is 0.348. The average molecular weight is 432 g/mol. The Morgan fingerprint density at radius 2 is 2.03 bits per heavy atom. The largest absolute Gasteiger partial charge is 0.347 e. The molecular weight excluding hydrogens is 406 g/mol. The van der Waals surface area contributed by atoms with Gasteiger partial charge in [0.15, 0.2) is 0 Å². The fourth-order valence-electron chi connectivity index (χ4n) is 4.94. The minimum atomic E-state index is -0.899. The fourth-order valence-corrected chi connectivity index (χ4v) is 4.94. The predicted molar refractivity (Wildman–Crippen MR) is 119 cm³/mol. The first kappa shape index (κ1) is 20.2. The van der Waals surface area contributed by atoms with Crippen molar-refractivity contribution < 1.29 is 9.59 Å². The number of carbonyl (C=O) groups excluding carboxylic acids is 2. The molecule has 2 atom stereocenters. The Labute approximate surface area is 186 Å². The van der Waals surface area contributed by atoms with E-state index in [-0.39, 0.29) is 11.8 Å². The Balaban J connectivity index is 1.64. The van der Waals surface area contributed by atoms with E-state index >= 15 is 0 Å². The van der Waals surface area contributed by atoms with Crippen LogP contribution in [0.5, 0.6) is 0 Å². The second-order valence-corrected chi connectivity index (χ2v) is 8.58. The minimum absolute atomic E-state index is 0.0991. The maximum Gasteiger partial charge on any atom is 0.257 e. The van der Waals surface area contributed by atoms with Crippen LogP contribution < -0.4 is 10.2 Å². The molecule has 0 aliphatic carbocycles. The number of benzene rings is 1. The van der Waals surface area contributed by atoms with E-state index in [0.29, 0.717) is 36.0 Å². The molecule has 2 amide bonds. The zero-order valence-electron chi connectivity index (χ0n) is 18.5. The Morgan fingerprint density at radius 1 is 1.25 bits per heavy atom. The van der Waals surface area contributed by atoms with Gasteiger partial charge in [0.05, 0.1) is 11.3 Å². The lowest BCUT2D eigenvalue weighted by atomic mass is 9.74. The van der Waals surface area contributed by atoms with Crippen molar-refractivity contribution in [2.24, 2.45) is 7.05 Å². The van der Waals surface area contributed by atoms with E-state index in [1.165, 1.54) is 0 Å². The molecule has 2 aliphatic heterocycles. The van der Waals surface area contributed by atoms with Crippen LogP contribution in [0.2, 0.25) is 0 Å². The van der Waals surface area contributed by atoms with E-state index < -0.39 is 11.5 Å². The number of hydrogen-bond acceptors (Lipinski definition) is 6. The minimum Gasteiger partial charge on any atom is -0.347 e. The number of nitrogens with one attached hydrogen (secondary N) is 1. The number of rotatable bonds is 3. The average Bonchev–Trinajstić information content (AvgIpc) is 3.44. The van der Waals surface area contributed by atoms with Crippen molar-refractivity contribution in [3.05, 3.63) is 65.5 Å². The third-order valence-corrected chi connectivity index (χ3v) is 6.55. The maximum atomic E-state index is 13.8. The highest BCUT2D eigenvalue weighted by atomic mass is 16.2. The molecule has 1 aromatic carbocycles. The molecule has 0 radical (unpaired) electrons. The zero-order chi connectivity index (χ0) is 22.6. The summed E-state index contributed by atoms with van der Waals surface area (Å²) in [5, 5.41) is 3.03. The SMILES string of the molecule is Cc1nc(N(C)C)ncc1C(=O)N1CC[C@]2(C(=O)Nc3ccccc32)[C@@H]1c1nccn1C. The molecule has 0 bridgehead atoms. The Morgan fingerprint density at radius 3 is 2.72 bits per heavy atom. The lowest BCUT2D eigenvalue weighted by molar-refractivity contribution is -0.121. The van der Waals surface area contributed by atoms with E-state index in [0.717, 1.165) is 11.3 Å². The van der Waals surface area contributed by atoms with E-state index in [4.69, 9.17) is 0 Å². The summed E-state index contributed by atoms with van der Waals surface area (Å²) in [6.07, 6.45) is 5.62. The van der Waals surface area contributed by atoms with Gasteiger partial charge in [0.25, 0.3) is 5.91 Å². The van der Waals surface area contributed by atoms with Gasteiger partial charge in [-0.25, -0.2) is 15.0 Å². The van der Waals surface area contributed by atoms with Crippen molar-refractivity contribution in [2.75, 3.05) is 30.9 Å². The van der Waals surface area contributed by atoms with Gasteiger partial charge in [-0.2, -0.15) is 0 Å². The molecule has 2 aliphatic rings. The number of nitrogens with zero attached hydrogens (tertiary/aromatic N) is 6. The molecule has 1 N–H and O–H groups in total. The van der Waals surface area contributed by atoms with Gasteiger partial charge in [-0.05, 0) is 25.0 Å². The van der Waals surface area contributed by atoms with E-state index in [9.17, 15) is 9.59 Å². The van der Waals surface area contributed by atoms with Gasteiger partial charge in [-0.3, -0.25) is 9.59 Å². The summed E-state index contributed by atoms with van der Waals surface area (Å²) in [6, 6.07) is 7.15. The molecule has 1 fully saturated rings. The second-order valence-electron chi connectivity index (χ2n) is 8.58. The van der Waals surface area contributed by atoms with Crippen LogP contribution in [0.15, 0.2) is 42.9 Å². The number of imidazole rings is 1. The van der Waals surface area contributed by atoms with Crippen molar-refractivity contribution in [2.45, 2.75) is 24.8 Å². The van der Waals surface area contributed by atoms with Crippen LogP contribution >= 0.6 is 0 Å². The first-order chi connectivity index (χ1) is 15.3. The first-order valence-corrected chi connectivity index (χ1v) is 10.5. The van der Waals surface area contributed by atoms with Crippen molar-refractivity contribution in [1.82, 2.24) is 24.4 Å². The smallest absolute Gasteiger partial charge is 0.257 e. The number of hydrogen-bond donors (Lipinski definition) is 1. The summed E-state index contributed by atoms with van der Waals surface area (Å²) in [5.74, 6) is 0.917. The Hall–Kier alpha value is -3.75. The molecule has 2 aromatic heterocycles. The third kappa shape index (κ3) is 2.73. The molecule has 5 rings (SSSR count). The molecule has 0 saturated carbocycles. The van der Waals surface area contributed by atoms with Crippen molar-refractivity contribution in [3.63, 3.8) is 0 Å². The highest BCUT2D eigenvalue weighted by Gasteiger charge is 2.60. The number of aryl methyl sites for hydroxylation is 2. The van der Waals surface area contributed by atoms with Crippen LogP contribution in [0.4, 0.5) is 11.6 Å². The summed E-state index contributed by atoms with van der Waals surface area (Å²) in [5.41, 5.74) is 1.83. The lowest BCUT2D eigenvalue weighted by Gasteiger charge is -2.33. The molecule has 1 spiro atoms. The van der Waals surface area contributed by atoms with Gasteiger partial charge in [0, 0.05) is 52.0 Å². The second kappa shape index (κ2) is 7.15. The van der Waals surface area contributed by atoms with E-state index in [2.05, 4.69) is 20.3 Å². The standard InChI is InChI=1S/C23H25N7O2/c1-14-15(13-25-22(26-14)28(2)3)20(31)30-11-9-23(18(30)19-24-10-12-29(19)4)16-7-5-6-8-17(16)27-21(23)32/h5-8,10,12-13,18H,9,11H2,1-4H3,(H,27,32)/t18-,23+/m0/s1. The third-order valence-electron chi connectivity index (χ3n) is 6.55. The molecule has 1 saturated heterocycles. The molecule has 3 aromatic rings. The van der Waals surface area contributed by atoms with Gasteiger partial charge in [0.2, 0.25) is 11.9 Å². The molecule has 32 heavy (non-hydrogen) atoms. The maximum absolute atomic E-state index is 13.8. The molecule has 164 valence electrons. The summed E-state index contributed by atoms with van der Waals surface area (Å²) >= 11 is 0. The highest BCUT2D eigenvalue weighted by molar-refractivity contribution is 6.08. The van der Waals surface area contributed by atoms with E-state index in [1.807, 2.05) is 56.2 Å². The Kier molecular flexibility index (Phi) is 4.51. The van der Waals surface area contributed by atoms with Gasteiger partial charge in [0.1, 0.15) is 17.3 Å². The van der Waals surface area contributed by atoms with Crippen molar-refractivity contribution >= 4 is 23.5 Å². The molecular formula is C23H25N7O2. The van der Waals surface area contributed by atoms with Gasteiger partial charge in [-0.1, -0.05) is 18.2 Å².